The molecule has 0 radical (unpaired) electrons. The number of carbonyl (C=O) groups excluding carboxylic acids is 2. The molecule has 0 rings (SSSR count). The highest BCUT2D eigenvalue weighted by molar-refractivity contribution is 5.81. The molecule has 0 fully saturated rings. The van der Waals surface area contributed by atoms with Gasteiger partial charge >= 0.3 is 0 Å². The molecule has 0 N–H and O–H groups in total. The predicted molar refractivity (Wildman–Crippen MR) is 82.5 cm³/mol. The van der Waals surface area contributed by atoms with Crippen molar-refractivity contribution >= 4 is 11.8 Å². The normalized spacial score (nSPS) is 11.3. The number of hydrogen-bond acceptors (Lipinski definition) is 3. The van der Waals surface area contributed by atoms with Gasteiger partial charge < -0.3 is 9.80 Å². The zero-order valence-electron chi connectivity index (χ0n) is 14.1. The van der Waals surface area contributed by atoms with E-state index in [1.807, 2.05) is 53.5 Å². The number of rotatable bonds is 8. The van der Waals surface area contributed by atoms with Gasteiger partial charge in [-0.05, 0) is 48.6 Å². The molecule has 0 bridgehead atoms. The summed E-state index contributed by atoms with van der Waals surface area (Å²) >= 11 is 0. The first-order valence-electron chi connectivity index (χ1n) is 7.51. The van der Waals surface area contributed by atoms with Crippen molar-refractivity contribution in [3.63, 3.8) is 0 Å². The van der Waals surface area contributed by atoms with E-state index in [2.05, 4.69) is 0 Å². The van der Waals surface area contributed by atoms with Crippen LogP contribution in [0.5, 0.6) is 0 Å². The summed E-state index contributed by atoms with van der Waals surface area (Å²) < 4.78 is 0. The molecule has 0 spiro atoms. The van der Waals surface area contributed by atoms with Crippen LogP contribution in [0.25, 0.3) is 0 Å². The van der Waals surface area contributed by atoms with Crippen LogP contribution in [0.2, 0.25) is 0 Å². The van der Waals surface area contributed by atoms with E-state index in [9.17, 15) is 9.59 Å². The number of amides is 2. The molecule has 0 aromatic rings. The Labute approximate surface area is 123 Å². The summed E-state index contributed by atoms with van der Waals surface area (Å²) in [5.74, 6) is 0.149. The molecule has 5 nitrogen and oxygen atoms in total. The van der Waals surface area contributed by atoms with Crippen molar-refractivity contribution in [3.8, 4) is 0 Å². The van der Waals surface area contributed by atoms with Crippen molar-refractivity contribution in [2.45, 2.75) is 53.6 Å². The third kappa shape index (κ3) is 5.90. The minimum absolute atomic E-state index is 0.0739. The van der Waals surface area contributed by atoms with Gasteiger partial charge in [0.05, 0.1) is 13.1 Å². The van der Waals surface area contributed by atoms with Crippen LogP contribution in [0.1, 0.15) is 41.5 Å². The fraction of sp³-hybridized carbons (Fsp3) is 0.867. The maximum Gasteiger partial charge on any atom is 0.237 e. The molecule has 20 heavy (non-hydrogen) atoms. The third-order valence-corrected chi connectivity index (χ3v) is 3.33. The first kappa shape index (κ1) is 18.9. The molecule has 0 aliphatic rings. The number of carbonyl (C=O) groups is 2. The Kier molecular flexibility index (Phi) is 8.46. The van der Waals surface area contributed by atoms with Crippen LogP contribution in [-0.2, 0) is 9.59 Å². The van der Waals surface area contributed by atoms with Gasteiger partial charge in [0.25, 0.3) is 0 Å². The molecule has 0 heterocycles. The van der Waals surface area contributed by atoms with E-state index in [1.165, 1.54) is 0 Å². The average Bonchev–Trinajstić information content (AvgIpc) is 2.28. The Morgan fingerprint density at radius 3 is 1.60 bits per heavy atom. The summed E-state index contributed by atoms with van der Waals surface area (Å²) in [4.78, 5) is 29.7. The molecule has 0 aliphatic carbocycles. The highest BCUT2D eigenvalue weighted by Gasteiger charge is 2.22. The molecule has 118 valence electrons. The van der Waals surface area contributed by atoms with Gasteiger partial charge in [-0.2, -0.15) is 0 Å². The molecule has 0 aromatic carbocycles. The maximum atomic E-state index is 12.3. The van der Waals surface area contributed by atoms with Crippen molar-refractivity contribution < 1.29 is 9.59 Å². The van der Waals surface area contributed by atoms with Crippen molar-refractivity contribution in [2.24, 2.45) is 0 Å². The fourth-order valence-electron chi connectivity index (χ4n) is 2.45. The third-order valence-electron chi connectivity index (χ3n) is 3.33. The van der Waals surface area contributed by atoms with Gasteiger partial charge in [0.2, 0.25) is 11.8 Å². The summed E-state index contributed by atoms with van der Waals surface area (Å²) in [5, 5.41) is 0. The van der Waals surface area contributed by atoms with Crippen LogP contribution in [0.3, 0.4) is 0 Å². The highest BCUT2D eigenvalue weighted by Crippen LogP contribution is 2.06. The summed E-state index contributed by atoms with van der Waals surface area (Å²) in [5.41, 5.74) is 0. The highest BCUT2D eigenvalue weighted by atomic mass is 16.2. The monoisotopic (exact) mass is 285 g/mol. The van der Waals surface area contributed by atoms with E-state index in [4.69, 9.17) is 0 Å². The van der Waals surface area contributed by atoms with E-state index in [0.29, 0.717) is 13.1 Å². The molecule has 2 amide bonds. The minimum atomic E-state index is 0.0739. The zero-order chi connectivity index (χ0) is 15.9. The van der Waals surface area contributed by atoms with E-state index >= 15 is 0 Å². The van der Waals surface area contributed by atoms with Crippen LogP contribution < -0.4 is 0 Å². The second-order valence-corrected chi connectivity index (χ2v) is 5.73. The van der Waals surface area contributed by atoms with Crippen LogP contribution in [-0.4, -0.2) is 71.8 Å². The van der Waals surface area contributed by atoms with E-state index in [1.54, 1.807) is 9.80 Å². The first-order chi connectivity index (χ1) is 9.24. The Balaban J connectivity index is 4.49. The Morgan fingerprint density at radius 2 is 1.25 bits per heavy atom. The fourth-order valence-corrected chi connectivity index (χ4v) is 2.45. The van der Waals surface area contributed by atoms with E-state index < -0.39 is 0 Å². The molecular formula is C15H31N3O2. The summed E-state index contributed by atoms with van der Waals surface area (Å²) in [6, 6.07) is 0.351. The molecule has 5 heteroatoms. The lowest BCUT2D eigenvalue weighted by molar-refractivity contribution is -0.137. The van der Waals surface area contributed by atoms with Crippen LogP contribution in [0.4, 0.5) is 0 Å². The zero-order valence-corrected chi connectivity index (χ0v) is 14.1. The maximum absolute atomic E-state index is 12.3. The SMILES string of the molecule is CCN(CC)C(=O)CN(C)CC(=O)N(C(C)C)C(C)C. The van der Waals surface area contributed by atoms with E-state index in [-0.39, 0.29) is 37.0 Å². The Morgan fingerprint density at radius 1 is 0.850 bits per heavy atom. The number of nitrogens with zero attached hydrogens (tertiary/aromatic N) is 3. The smallest absolute Gasteiger partial charge is 0.237 e. The van der Waals surface area contributed by atoms with Crippen molar-refractivity contribution in [3.05, 3.63) is 0 Å². The lowest BCUT2D eigenvalue weighted by atomic mass is 10.2. The van der Waals surface area contributed by atoms with Crippen molar-refractivity contribution in [2.75, 3.05) is 33.2 Å². The molecule has 0 saturated carbocycles. The first-order valence-corrected chi connectivity index (χ1v) is 7.51. The molecule has 0 atom stereocenters. The van der Waals surface area contributed by atoms with Gasteiger partial charge in [0, 0.05) is 25.2 Å². The van der Waals surface area contributed by atoms with Gasteiger partial charge in [-0.1, -0.05) is 0 Å². The Bertz CT molecular complexity index is 304. The standard InChI is InChI=1S/C15H31N3O2/c1-8-17(9-2)14(19)10-16(7)11-15(20)18(12(3)4)13(5)6/h12-13H,8-11H2,1-7H3. The molecule has 0 aliphatic heterocycles. The molecule has 0 saturated heterocycles. The van der Waals surface area contributed by atoms with Gasteiger partial charge in [-0.3, -0.25) is 14.5 Å². The number of likely N-dealkylation sites (N-methyl/N-ethyl adjacent to an activating group) is 2. The van der Waals surface area contributed by atoms with Crippen LogP contribution in [0, 0.1) is 0 Å². The lowest BCUT2D eigenvalue weighted by Gasteiger charge is -2.32. The van der Waals surface area contributed by atoms with Crippen LogP contribution in [0.15, 0.2) is 0 Å². The Hall–Kier alpha value is -1.10. The second kappa shape index (κ2) is 8.95. The minimum Gasteiger partial charge on any atom is -0.342 e. The molecule has 0 unspecified atom stereocenters. The van der Waals surface area contributed by atoms with Crippen molar-refractivity contribution in [1.29, 1.82) is 0 Å². The topological polar surface area (TPSA) is 43.9 Å². The molecule has 0 aromatic heterocycles. The second-order valence-electron chi connectivity index (χ2n) is 5.73. The molecular weight excluding hydrogens is 254 g/mol. The quantitative estimate of drug-likeness (QED) is 0.678. The predicted octanol–water partition coefficient (Wildman–Crippen LogP) is 1.43. The van der Waals surface area contributed by atoms with Gasteiger partial charge in [-0.15, -0.1) is 0 Å². The van der Waals surface area contributed by atoms with Crippen molar-refractivity contribution in [1.82, 2.24) is 14.7 Å². The summed E-state index contributed by atoms with van der Waals surface area (Å²) in [7, 11) is 1.82. The van der Waals surface area contributed by atoms with Gasteiger partial charge in [0.15, 0.2) is 0 Å². The summed E-state index contributed by atoms with van der Waals surface area (Å²) in [6.07, 6.45) is 0. The van der Waals surface area contributed by atoms with Gasteiger partial charge in [0.1, 0.15) is 0 Å². The van der Waals surface area contributed by atoms with Crippen LogP contribution >= 0.6 is 0 Å². The average molecular weight is 285 g/mol. The summed E-state index contributed by atoms with van der Waals surface area (Å²) in [6.45, 7) is 14.0. The van der Waals surface area contributed by atoms with Gasteiger partial charge in [-0.25, -0.2) is 0 Å². The lowest BCUT2D eigenvalue weighted by Crippen LogP contribution is -2.48. The largest absolute Gasteiger partial charge is 0.342 e. The van der Waals surface area contributed by atoms with E-state index in [0.717, 1.165) is 0 Å². The number of hydrogen-bond donors (Lipinski definition) is 0.